The second-order valence-corrected chi connectivity index (χ2v) is 7.54. The predicted molar refractivity (Wildman–Crippen MR) is 113 cm³/mol. The number of hydrogen-bond acceptors (Lipinski definition) is 3. The molecule has 0 spiro atoms. The van der Waals surface area contributed by atoms with Crippen molar-refractivity contribution in [1.82, 2.24) is 0 Å². The second-order valence-electron chi connectivity index (χ2n) is 7.54. The molecule has 0 aliphatic heterocycles. The van der Waals surface area contributed by atoms with Gasteiger partial charge >= 0.3 is 17.9 Å². The summed E-state index contributed by atoms with van der Waals surface area (Å²) in [6.45, 7) is 0. The molecule has 0 unspecified atom stereocenters. The monoisotopic (exact) mass is 412 g/mol. The van der Waals surface area contributed by atoms with Gasteiger partial charge in [-0.15, -0.1) is 0 Å². The third-order valence-electron chi connectivity index (χ3n) is 5.38. The van der Waals surface area contributed by atoms with Crippen LogP contribution in [0.3, 0.4) is 0 Å². The van der Waals surface area contributed by atoms with Gasteiger partial charge in [-0.1, -0.05) is 55.3 Å². The number of carbonyl (C=O) groups is 3. The number of benzene rings is 2. The van der Waals surface area contributed by atoms with Crippen molar-refractivity contribution in [3.63, 3.8) is 0 Å². The summed E-state index contributed by atoms with van der Waals surface area (Å²) >= 11 is 0. The number of rotatable bonds is 8. The first-order chi connectivity index (χ1) is 14.4. The quantitative estimate of drug-likeness (QED) is 0.550. The number of aromatic carboxylic acids is 1. The highest BCUT2D eigenvalue weighted by Crippen LogP contribution is 2.31. The van der Waals surface area contributed by atoms with E-state index in [1.54, 1.807) is 12.1 Å². The van der Waals surface area contributed by atoms with Gasteiger partial charge in [0.2, 0.25) is 0 Å². The predicted octanol–water partition coefficient (Wildman–Crippen LogP) is 4.52. The Morgan fingerprint density at radius 2 is 1.27 bits per heavy atom. The molecule has 3 N–H and O–H groups in total. The summed E-state index contributed by atoms with van der Waals surface area (Å²) < 4.78 is 0. The zero-order chi connectivity index (χ0) is 21.9. The van der Waals surface area contributed by atoms with Crippen LogP contribution in [0.1, 0.15) is 53.6 Å². The van der Waals surface area contributed by atoms with Gasteiger partial charge in [-0.05, 0) is 61.3 Å². The lowest BCUT2D eigenvalue weighted by Crippen LogP contribution is -2.29. The summed E-state index contributed by atoms with van der Waals surface area (Å²) in [4.78, 5) is 31.8. The molecule has 0 saturated heterocycles. The number of hydrogen-bond donors (Lipinski definition) is 3. The van der Waals surface area contributed by atoms with Gasteiger partial charge in [0.25, 0.3) is 0 Å². The fraction of sp³-hybridized carbons (Fsp3) is 0.375. The van der Waals surface area contributed by atoms with Crippen molar-refractivity contribution < 1.29 is 29.7 Å². The minimum atomic E-state index is -1.20. The van der Waals surface area contributed by atoms with Crippen molar-refractivity contribution in [2.24, 2.45) is 11.8 Å². The van der Waals surface area contributed by atoms with E-state index in [1.807, 2.05) is 18.2 Å². The maximum Gasteiger partial charge on any atom is 0.335 e. The Balaban J connectivity index is 0.000000232. The van der Waals surface area contributed by atoms with Crippen molar-refractivity contribution >= 4 is 17.9 Å². The molecular formula is C24H28O6. The average Bonchev–Trinajstić information content (AvgIpc) is 3.23. The molecule has 6 nitrogen and oxygen atoms in total. The van der Waals surface area contributed by atoms with Crippen molar-refractivity contribution in [2.75, 3.05) is 0 Å². The zero-order valence-corrected chi connectivity index (χ0v) is 16.9. The average molecular weight is 412 g/mol. The van der Waals surface area contributed by atoms with Gasteiger partial charge in [-0.3, -0.25) is 9.59 Å². The third kappa shape index (κ3) is 7.35. The van der Waals surface area contributed by atoms with E-state index in [0.29, 0.717) is 5.56 Å². The molecule has 3 rings (SSSR count). The summed E-state index contributed by atoms with van der Waals surface area (Å²) in [6, 6.07) is 17.5. The topological polar surface area (TPSA) is 112 Å². The van der Waals surface area contributed by atoms with E-state index in [-0.39, 0.29) is 5.92 Å². The van der Waals surface area contributed by atoms with Crippen LogP contribution < -0.4 is 0 Å². The molecule has 30 heavy (non-hydrogen) atoms. The Morgan fingerprint density at radius 3 is 1.73 bits per heavy atom. The minimum Gasteiger partial charge on any atom is -0.481 e. The minimum absolute atomic E-state index is 0.153. The van der Waals surface area contributed by atoms with Gasteiger partial charge in [0.1, 0.15) is 0 Å². The van der Waals surface area contributed by atoms with Crippen molar-refractivity contribution in [1.29, 1.82) is 0 Å². The Morgan fingerprint density at radius 1 is 0.767 bits per heavy atom. The van der Waals surface area contributed by atoms with E-state index < -0.39 is 23.8 Å². The number of aliphatic carboxylic acids is 2. The van der Waals surface area contributed by atoms with Gasteiger partial charge < -0.3 is 15.3 Å². The molecule has 2 aromatic carbocycles. The molecule has 1 aliphatic carbocycles. The van der Waals surface area contributed by atoms with Crippen LogP contribution in [0.5, 0.6) is 0 Å². The van der Waals surface area contributed by atoms with Crippen LogP contribution in [0.25, 0.3) is 0 Å². The van der Waals surface area contributed by atoms with Gasteiger partial charge in [0, 0.05) is 0 Å². The Hall–Kier alpha value is -3.15. The summed E-state index contributed by atoms with van der Waals surface area (Å²) in [6.07, 6.45) is 6.52. The molecule has 0 atom stereocenters. The van der Waals surface area contributed by atoms with E-state index in [9.17, 15) is 14.4 Å². The fourth-order valence-corrected chi connectivity index (χ4v) is 3.75. The van der Waals surface area contributed by atoms with E-state index in [2.05, 4.69) is 24.3 Å². The Labute approximate surface area is 176 Å². The van der Waals surface area contributed by atoms with Crippen LogP contribution in [0.2, 0.25) is 0 Å². The molecule has 1 fully saturated rings. The molecule has 0 aromatic heterocycles. The molecule has 1 aliphatic rings. The lowest BCUT2D eigenvalue weighted by atomic mass is 9.91. The summed E-state index contributed by atoms with van der Waals surface area (Å²) in [5.41, 5.74) is 2.89. The van der Waals surface area contributed by atoms with Gasteiger partial charge in [0.05, 0.1) is 5.56 Å². The van der Waals surface area contributed by atoms with E-state index >= 15 is 0 Å². The third-order valence-corrected chi connectivity index (χ3v) is 5.38. The van der Waals surface area contributed by atoms with Crippen LogP contribution in [0.15, 0.2) is 54.6 Å². The number of aryl methyl sites for hydroxylation is 2. The Bertz CT molecular complexity index is 809. The molecule has 0 amide bonds. The normalized spacial score (nSPS) is 13.5. The SMILES string of the molecule is O=C(O)C(C(=O)O)C1CCCC1.O=C(O)c1ccc(CCCc2ccccc2)cc1. The largest absolute Gasteiger partial charge is 0.481 e. The fourth-order valence-electron chi connectivity index (χ4n) is 3.75. The lowest BCUT2D eigenvalue weighted by Gasteiger charge is -2.13. The van der Waals surface area contributed by atoms with Crippen molar-refractivity contribution in [2.45, 2.75) is 44.9 Å². The first kappa shape index (κ1) is 23.1. The highest BCUT2D eigenvalue weighted by Gasteiger charge is 2.36. The van der Waals surface area contributed by atoms with Crippen molar-refractivity contribution in [3.05, 3.63) is 71.3 Å². The van der Waals surface area contributed by atoms with Gasteiger partial charge in [-0.2, -0.15) is 0 Å². The summed E-state index contributed by atoms with van der Waals surface area (Å²) in [7, 11) is 0. The molecule has 0 bridgehead atoms. The second kappa shape index (κ2) is 11.8. The summed E-state index contributed by atoms with van der Waals surface area (Å²) in [5.74, 6) is -4.61. The summed E-state index contributed by atoms with van der Waals surface area (Å²) in [5, 5.41) is 26.0. The number of carboxylic acids is 3. The first-order valence-corrected chi connectivity index (χ1v) is 10.2. The standard InChI is InChI=1S/C16H16O2.C8H12O4/c17-16(18)15-11-9-14(10-12-15)8-4-7-13-5-2-1-3-6-13;9-7(10)6(8(11)12)5-3-1-2-4-5/h1-3,5-6,9-12H,4,7-8H2,(H,17,18);5-6H,1-4H2,(H,9,10)(H,11,12). The van der Waals surface area contributed by atoms with E-state index in [1.165, 1.54) is 11.1 Å². The molecule has 1 saturated carbocycles. The van der Waals surface area contributed by atoms with Crippen LogP contribution in [-0.4, -0.2) is 33.2 Å². The Kier molecular flexibility index (Phi) is 9.06. The van der Waals surface area contributed by atoms with Gasteiger partial charge in [-0.25, -0.2) is 4.79 Å². The van der Waals surface area contributed by atoms with Crippen LogP contribution in [0, 0.1) is 11.8 Å². The lowest BCUT2D eigenvalue weighted by molar-refractivity contribution is -0.157. The van der Waals surface area contributed by atoms with Gasteiger partial charge in [0.15, 0.2) is 5.92 Å². The molecule has 0 heterocycles. The number of carboxylic acid groups (broad SMARTS) is 3. The smallest absolute Gasteiger partial charge is 0.335 e. The van der Waals surface area contributed by atoms with Crippen molar-refractivity contribution in [3.8, 4) is 0 Å². The van der Waals surface area contributed by atoms with Crippen LogP contribution in [-0.2, 0) is 22.4 Å². The van der Waals surface area contributed by atoms with E-state index in [0.717, 1.165) is 44.9 Å². The maximum atomic E-state index is 10.7. The highest BCUT2D eigenvalue weighted by atomic mass is 16.4. The highest BCUT2D eigenvalue weighted by molar-refractivity contribution is 5.93. The molecule has 6 heteroatoms. The van der Waals surface area contributed by atoms with E-state index in [4.69, 9.17) is 15.3 Å². The molecular weight excluding hydrogens is 384 g/mol. The molecule has 2 aromatic rings. The molecule has 160 valence electrons. The maximum absolute atomic E-state index is 10.7. The zero-order valence-electron chi connectivity index (χ0n) is 16.9. The molecule has 0 radical (unpaired) electrons. The first-order valence-electron chi connectivity index (χ1n) is 10.2. The van der Waals surface area contributed by atoms with Crippen LogP contribution >= 0.6 is 0 Å². The van der Waals surface area contributed by atoms with Crippen LogP contribution in [0.4, 0.5) is 0 Å².